The van der Waals surface area contributed by atoms with E-state index in [0.29, 0.717) is 38.0 Å². The first-order chi connectivity index (χ1) is 17.3. The average Bonchev–Trinajstić information content (AvgIpc) is 3.33. The molecule has 6 rings (SSSR count). The van der Waals surface area contributed by atoms with E-state index in [1.165, 1.54) is 41.8 Å². The zero-order valence-electron chi connectivity index (χ0n) is 20.5. The molecule has 0 saturated carbocycles. The molecular formula is C27H36N4O3S. The van der Waals surface area contributed by atoms with Crippen LogP contribution in [0.3, 0.4) is 0 Å². The molecule has 4 aliphatic rings. The van der Waals surface area contributed by atoms with E-state index in [2.05, 4.69) is 33.8 Å². The van der Waals surface area contributed by atoms with Crippen molar-refractivity contribution in [2.75, 3.05) is 59.2 Å². The van der Waals surface area contributed by atoms with E-state index in [4.69, 9.17) is 14.6 Å². The summed E-state index contributed by atoms with van der Waals surface area (Å²) >= 11 is 1.82. The number of morpholine rings is 1. The molecule has 0 bridgehead atoms. The van der Waals surface area contributed by atoms with Gasteiger partial charge in [0.25, 0.3) is 5.91 Å². The van der Waals surface area contributed by atoms with Crippen molar-refractivity contribution in [3.8, 4) is 11.3 Å². The van der Waals surface area contributed by atoms with Crippen LogP contribution < -0.4 is 0 Å². The number of hydrogen-bond donors (Lipinski definition) is 0. The quantitative estimate of drug-likeness (QED) is 0.622. The fraction of sp³-hybridized carbons (Fsp3) is 0.630. The van der Waals surface area contributed by atoms with Crippen LogP contribution in [-0.2, 0) is 15.2 Å². The Morgan fingerprint density at radius 2 is 1.83 bits per heavy atom. The van der Waals surface area contributed by atoms with Crippen molar-refractivity contribution in [2.24, 2.45) is 5.92 Å². The second-order valence-electron chi connectivity index (χ2n) is 10.3. The van der Waals surface area contributed by atoms with Crippen LogP contribution >= 0.6 is 11.8 Å². The Hall–Kier alpha value is -1.87. The predicted molar refractivity (Wildman–Crippen MR) is 137 cm³/mol. The van der Waals surface area contributed by atoms with Crippen molar-refractivity contribution in [1.29, 1.82) is 0 Å². The van der Waals surface area contributed by atoms with Crippen molar-refractivity contribution in [2.45, 2.75) is 48.8 Å². The number of ether oxygens (including phenoxy) is 2. The summed E-state index contributed by atoms with van der Waals surface area (Å²) < 4.78 is 13.3. The van der Waals surface area contributed by atoms with Crippen LogP contribution in [0.4, 0.5) is 0 Å². The van der Waals surface area contributed by atoms with Crippen LogP contribution in [0.5, 0.6) is 0 Å². The van der Waals surface area contributed by atoms with Crippen LogP contribution in [0, 0.1) is 5.92 Å². The topological polar surface area (TPSA) is 59.8 Å². The number of benzene rings is 1. The van der Waals surface area contributed by atoms with E-state index < -0.39 is 0 Å². The Bertz CT molecular complexity index is 1050. The Labute approximate surface area is 212 Å². The Morgan fingerprint density at radius 3 is 2.69 bits per heavy atom. The maximum Gasteiger partial charge on any atom is 0.274 e. The molecule has 3 fully saturated rings. The minimum absolute atomic E-state index is 0.0652. The molecule has 1 aromatic carbocycles. The first-order valence-electron chi connectivity index (χ1n) is 13.3. The third kappa shape index (κ3) is 4.90. The summed E-state index contributed by atoms with van der Waals surface area (Å²) in [7, 11) is 0. The number of amides is 1. The lowest BCUT2D eigenvalue weighted by Gasteiger charge is -2.35. The molecule has 0 radical (unpaired) electrons. The highest BCUT2D eigenvalue weighted by atomic mass is 32.2. The molecule has 1 atom stereocenters. The lowest BCUT2D eigenvalue weighted by molar-refractivity contribution is 0.0297. The molecule has 0 N–H and O–H groups in total. The molecule has 1 unspecified atom stereocenters. The van der Waals surface area contributed by atoms with Crippen molar-refractivity contribution in [3.05, 3.63) is 35.5 Å². The monoisotopic (exact) mass is 496 g/mol. The number of hydrogen-bond acceptors (Lipinski definition) is 6. The molecule has 0 spiro atoms. The maximum absolute atomic E-state index is 13.6. The number of thioether (sulfide) groups is 1. The fourth-order valence-corrected chi connectivity index (χ4v) is 7.08. The lowest BCUT2D eigenvalue weighted by Crippen LogP contribution is -2.41. The second kappa shape index (κ2) is 10.6. The Kier molecular flexibility index (Phi) is 7.14. The summed E-state index contributed by atoms with van der Waals surface area (Å²) in [5.41, 5.74) is 4.17. The number of carbonyl (C=O) groups excluding carboxylic acids is 1. The molecule has 5 heterocycles. The minimum atomic E-state index is 0.0652. The number of piperidine rings is 1. The lowest BCUT2D eigenvalue weighted by atomic mass is 9.95. The predicted octanol–water partition coefficient (Wildman–Crippen LogP) is 4.08. The van der Waals surface area contributed by atoms with Gasteiger partial charge >= 0.3 is 0 Å². The fourth-order valence-electron chi connectivity index (χ4n) is 6.02. The molecule has 2 aromatic rings. The number of carbonyl (C=O) groups is 1. The highest BCUT2D eigenvalue weighted by Crippen LogP contribution is 2.44. The van der Waals surface area contributed by atoms with Gasteiger partial charge in [-0.3, -0.25) is 9.48 Å². The van der Waals surface area contributed by atoms with Gasteiger partial charge < -0.3 is 19.3 Å². The number of likely N-dealkylation sites (tertiary alicyclic amines) is 1. The van der Waals surface area contributed by atoms with Crippen molar-refractivity contribution in [3.63, 3.8) is 0 Å². The summed E-state index contributed by atoms with van der Waals surface area (Å²) in [6.07, 6.45) is 5.95. The van der Waals surface area contributed by atoms with Crippen LogP contribution in [0.1, 0.15) is 54.2 Å². The minimum Gasteiger partial charge on any atom is -0.381 e. The summed E-state index contributed by atoms with van der Waals surface area (Å²) in [5, 5.41) is 5.10. The van der Waals surface area contributed by atoms with Gasteiger partial charge in [0.2, 0.25) is 0 Å². The van der Waals surface area contributed by atoms with Crippen LogP contribution in [-0.4, -0.2) is 84.6 Å². The third-order valence-corrected chi connectivity index (χ3v) is 9.14. The van der Waals surface area contributed by atoms with Gasteiger partial charge in [-0.1, -0.05) is 18.2 Å². The first-order valence-corrected chi connectivity index (χ1v) is 14.3. The number of nitrogens with zero attached hydrogens (tertiary/aromatic N) is 4. The van der Waals surface area contributed by atoms with Gasteiger partial charge in [0.05, 0.1) is 24.9 Å². The second-order valence-corrected chi connectivity index (χ2v) is 11.3. The van der Waals surface area contributed by atoms with Crippen molar-refractivity contribution >= 4 is 17.7 Å². The number of fused-ring (bicyclic) bond motifs is 3. The van der Waals surface area contributed by atoms with Gasteiger partial charge in [0.15, 0.2) is 5.69 Å². The van der Waals surface area contributed by atoms with Gasteiger partial charge in [-0.15, -0.1) is 11.8 Å². The molecule has 4 aliphatic heterocycles. The molecule has 0 aliphatic carbocycles. The number of rotatable bonds is 5. The average molecular weight is 497 g/mol. The zero-order chi connectivity index (χ0) is 23.6. The van der Waals surface area contributed by atoms with Gasteiger partial charge in [-0.25, -0.2) is 0 Å². The normalized spacial score (nSPS) is 23.7. The molecule has 188 valence electrons. The molecule has 1 aromatic heterocycles. The number of aromatic nitrogens is 2. The van der Waals surface area contributed by atoms with E-state index in [1.54, 1.807) is 0 Å². The largest absolute Gasteiger partial charge is 0.381 e. The van der Waals surface area contributed by atoms with Crippen LogP contribution in [0.25, 0.3) is 11.3 Å². The highest BCUT2D eigenvalue weighted by molar-refractivity contribution is 7.98. The molecular weight excluding hydrogens is 460 g/mol. The van der Waals surface area contributed by atoms with Crippen molar-refractivity contribution < 1.29 is 14.3 Å². The van der Waals surface area contributed by atoms with Gasteiger partial charge in [-0.05, 0) is 57.2 Å². The third-order valence-electron chi connectivity index (χ3n) is 8.04. The zero-order valence-corrected chi connectivity index (χ0v) is 21.3. The van der Waals surface area contributed by atoms with Crippen LogP contribution in [0.15, 0.2) is 29.2 Å². The Balaban J connectivity index is 1.28. The van der Waals surface area contributed by atoms with E-state index in [0.717, 1.165) is 56.5 Å². The van der Waals surface area contributed by atoms with Gasteiger partial charge in [0, 0.05) is 54.6 Å². The summed E-state index contributed by atoms with van der Waals surface area (Å²) in [6.45, 7) is 7.67. The maximum atomic E-state index is 13.6. The van der Waals surface area contributed by atoms with Crippen LogP contribution in [0.2, 0.25) is 0 Å². The molecule has 7 nitrogen and oxygen atoms in total. The summed E-state index contributed by atoms with van der Waals surface area (Å²) in [6, 6.07) is 8.92. The SMILES string of the molecule is O=C(c1nn(C2CCCN(CCC3CCOCC3)C2)c2c1CSc1ccccc1-2)N1CCOCC1. The molecule has 8 heteroatoms. The smallest absolute Gasteiger partial charge is 0.274 e. The Morgan fingerprint density at radius 1 is 1.03 bits per heavy atom. The van der Waals surface area contributed by atoms with E-state index in [9.17, 15) is 4.79 Å². The van der Waals surface area contributed by atoms with E-state index in [1.807, 2.05) is 16.7 Å². The van der Waals surface area contributed by atoms with E-state index >= 15 is 0 Å². The van der Waals surface area contributed by atoms with E-state index in [-0.39, 0.29) is 5.91 Å². The summed E-state index contributed by atoms with van der Waals surface area (Å²) in [5.74, 6) is 1.66. The van der Waals surface area contributed by atoms with Gasteiger partial charge in [0.1, 0.15) is 0 Å². The van der Waals surface area contributed by atoms with Gasteiger partial charge in [-0.2, -0.15) is 5.10 Å². The molecule has 3 saturated heterocycles. The first kappa shape index (κ1) is 23.5. The highest BCUT2D eigenvalue weighted by Gasteiger charge is 2.34. The standard InChI is InChI=1S/C27H36N4O3S/c32-27(30-12-16-34-17-13-30)25-23-19-35-24-6-2-1-5-22(24)26(23)31(28-25)21-4-3-10-29(18-21)11-7-20-8-14-33-15-9-20/h1-2,5-6,20-21H,3-4,7-19H2. The molecule has 1 amide bonds. The molecule has 35 heavy (non-hydrogen) atoms. The van der Waals surface area contributed by atoms with Crippen molar-refractivity contribution in [1.82, 2.24) is 19.6 Å². The summed E-state index contributed by atoms with van der Waals surface area (Å²) in [4.78, 5) is 19.4.